The number of carboxylic acids is 1. The van der Waals surface area contributed by atoms with Gasteiger partial charge >= 0.3 is 5.97 Å². The third-order valence-electron chi connectivity index (χ3n) is 3.28. The van der Waals surface area contributed by atoms with Crippen molar-refractivity contribution in [3.05, 3.63) is 12.3 Å². The van der Waals surface area contributed by atoms with Crippen molar-refractivity contribution in [3.8, 4) is 0 Å². The Kier molecular flexibility index (Phi) is 3.16. The molecule has 1 N–H and O–H groups in total. The lowest BCUT2D eigenvalue weighted by molar-refractivity contribution is -0.142. The SMILES string of the molecule is C[C@@H]1CN(S(=O)(=O)c2ccnn2C)C[C@H]1C(=O)O. The lowest BCUT2D eigenvalue weighted by atomic mass is 9.99. The van der Waals surface area contributed by atoms with Crippen LogP contribution in [-0.4, -0.2) is 46.7 Å². The molecular formula is C10H15N3O4S. The van der Waals surface area contributed by atoms with Gasteiger partial charge in [-0.1, -0.05) is 6.92 Å². The monoisotopic (exact) mass is 273 g/mol. The molecule has 100 valence electrons. The van der Waals surface area contributed by atoms with Crippen molar-refractivity contribution in [2.45, 2.75) is 11.9 Å². The number of aryl methyl sites for hydroxylation is 1. The van der Waals surface area contributed by atoms with Crippen LogP contribution in [0.1, 0.15) is 6.92 Å². The van der Waals surface area contributed by atoms with Crippen LogP contribution in [0.25, 0.3) is 0 Å². The Morgan fingerprint density at radius 1 is 1.50 bits per heavy atom. The quantitative estimate of drug-likeness (QED) is 0.820. The maximum absolute atomic E-state index is 12.3. The number of aromatic nitrogens is 2. The van der Waals surface area contributed by atoms with Crippen LogP contribution in [-0.2, 0) is 21.9 Å². The maximum Gasteiger partial charge on any atom is 0.308 e. The van der Waals surface area contributed by atoms with E-state index in [0.29, 0.717) is 0 Å². The average Bonchev–Trinajstić information content (AvgIpc) is 2.84. The first-order chi connectivity index (χ1) is 8.34. The van der Waals surface area contributed by atoms with Crippen molar-refractivity contribution in [3.63, 3.8) is 0 Å². The smallest absolute Gasteiger partial charge is 0.308 e. The van der Waals surface area contributed by atoms with E-state index in [2.05, 4.69) is 5.10 Å². The van der Waals surface area contributed by atoms with E-state index in [0.717, 1.165) is 0 Å². The second kappa shape index (κ2) is 4.36. The Balaban J connectivity index is 2.29. The van der Waals surface area contributed by atoms with Gasteiger partial charge < -0.3 is 5.11 Å². The van der Waals surface area contributed by atoms with Crippen LogP contribution in [0.2, 0.25) is 0 Å². The fraction of sp³-hybridized carbons (Fsp3) is 0.600. The average molecular weight is 273 g/mol. The molecular weight excluding hydrogens is 258 g/mol. The largest absolute Gasteiger partial charge is 0.481 e. The summed E-state index contributed by atoms with van der Waals surface area (Å²) in [5.41, 5.74) is 0. The Bertz CT molecular complexity index is 565. The molecule has 1 aromatic rings. The standard InChI is InChI=1S/C10H15N3O4S/c1-7-5-13(6-8(7)10(14)15)18(16,17)9-3-4-11-12(9)2/h3-4,7-8H,5-6H2,1-2H3,(H,14,15)/t7-,8-/m1/s1. The molecule has 1 aromatic heterocycles. The van der Waals surface area contributed by atoms with Gasteiger partial charge in [0.15, 0.2) is 5.03 Å². The number of hydrogen-bond donors (Lipinski definition) is 1. The lowest BCUT2D eigenvalue weighted by Crippen LogP contribution is -2.31. The van der Waals surface area contributed by atoms with Gasteiger partial charge in [-0.3, -0.25) is 9.48 Å². The number of carbonyl (C=O) groups is 1. The molecule has 1 aliphatic rings. The van der Waals surface area contributed by atoms with Gasteiger partial charge in [0.2, 0.25) is 0 Å². The highest BCUT2D eigenvalue weighted by Crippen LogP contribution is 2.28. The van der Waals surface area contributed by atoms with Crippen LogP contribution in [0.3, 0.4) is 0 Å². The molecule has 1 aliphatic heterocycles. The first kappa shape index (κ1) is 13.0. The van der Waals surface area contributed by atoms with Crippen LogP contribution in [0, 0.1) is 11.8 Å². The number of aliphatic carboxylic acids is 1. The molecule has 18 heavy (non-hydrogen) atoms. The molecule has 8 heteroatoms. The van der Waals surface area contributed by atoms with E-state index in [1.165, 1.54) is 21.3 Å². The van der Waals surface area contributed by atoms with E-state index in [-0.39, 0.29) is 24.0 Å². The Hall–Kier alpha value is -1.41. The summed E-state index contributed by atoms with van der Waals surface area (Å²) in [4.78, 5) is 11.0. The fourth-order valence-corrected chi connectivity index (χ4v) is 3.85. The molecule has 2 heterocycles. The van der Waals surface area contributed by atoms with E-state index in [1.54, 1.807) is 14.0 Å². The van der Waals surface area contributed by atoms with Gasteiger partial charge in [-0.2, -0.15) is 9.40 Å². The predicted octanol–water partition coefficient (Wildman–Crippen LogP) is -0.239. The maximum atomic E-state index is 12.3. The van der Waals surface area contributed by atoms with Crippen molar-refractivity contribution >= 4 is 16.0 Å². The number of rotatable bonds is 3. The van der Waals surface area contributed by atoms with Crippen molar-refractivity contribution in [1.82, 2.24) is 14.1 Å². The van der Waals surface area contributed by atoms with E-state index in [1.807, 2.05) is 0 Å². The van der Waals surface area contributed by atoms with Crippen molar-refractivity contribution in [2.75, 3.05) is 13.1 Å². The normalized spacial score (nSPS) is 25.4. The number of nitrogens with zero attached hydrogens (tertiary/aromatic N) is 3. The van der Waals surface area contributed by atoms with Gasteiger partial charge in [0.25, 0.3) is 10.0 Å². The second-order valence-electron chi connectivity index (χ2n) is 4.54. The zero-order valence-electron chi connectivity index (χ0n) is 10.1. The molecule has 0 bridgehead atoms. The molecule has 2 atom stereocenters. The molecule has 1 fully saturated rings. The summed E-state index contributed by atoms with van der Waals surface area (Å²) in [6.45, 7) is 1.99. The zero-order valence-corrected chi connectivity index (χ0v) is 11.0. The minimum Gasteiger partial charge on any atom is -0.481 e. The molecule has 0 amide bonds. The number of hydrogen-bond acceptors (Lipinski definition) is 4. The summed E-state index contributed by atoms with van der Waals surface area (Å²) in [5, 5.41) is 12.9. The summed E-state index contributed by atoms with van der Waals surface area (Å²) in [6.07, 6.45) is 1.40. The van der Waals surface area contributed by atoms with Crippen LogP contribution in [0.5, 0.6) is 0 Å². The minimum atomic E-state index is -3.65. The third kappa shape index (κ3) is 2.01. The Morgan fingerprint density at radius 3 is 2.61 bits per heavy atom. The summed E-state index contributed by atoms with van der Waals surface area (Å²) in [6, 6.07) is 1.41. The molecule has 2 rings (SSSR count). The van der Waals surface area contributed by atoms with Crippen LogP contribution in [0.15, 0.2) is 17.3 Å². The molecule has 0 aromatic carbocycles. The van der Waals surface area contributed by atoms with Gasteiger partial charge in [-0.05, 0) is 12.0 Å². The molecule has 0 saturated carbocycles. The minimum absolute atomic E-state index is 0.0179. The summed E-state index contributed by atoms with van der Waals surface area (Å²) >= 11 is 0. The highest BCUT2D eigenvalue weighted by Gasteiger charge is 2.41. The predicted molar refractivity (Wildman–Crippen MR) is 62.3 cm³/mol. The fourth-order valence-electron chi connectivity index (χ4n) is 2.19. The van der Waals surface area contributed by atoms with E-state index in [9.17, 15) is 13.2 Å². The van der Waals surface area contributed by atoms with Crippen LogP contribution in [0.4, 0.5) is 0 Å². The second-order valence-corrected chi connectivity index (χ2v) is 6.42. The topological polar surface area (TPSA) is 92.5 Å². The first-order valence-corrected chi connectivity index (χ1v) is 6.99. The highest BCUT2D eigenvalue weighted by atomic mass is 32.2. The van der Waals surface area contributed by atoms with Crippen molar-refractivity contribution < 1.29 is 18.3 Å². The third-order valence-corrected chi connectivity index (χ3v) is 5.18. The molecule has 0 unspecified atom stereocenters. The van der Waals surface area contributed by atoms with E-state index in [4.69, 9.17) is 5.11 Å². The van der Waals surface area contributed by atoms with E-state index < -0.39 is 21.9 Å². The van der Waals surface area contributed by atoms with Gasteiger partial charge in [-0.15, -0.1) is 0 Å². The molecule has 7 nitrogen and oxygen atoms in total. The molecule has 1 saturated heterocycles. The van der Waals surface area contributed by atoms with Gasteiger partial charge in [-0.25, -0.2) is 8.42 Å². The summed E-state index contributed by atoms with van der Waals surface area (Å²) < 4.78 is 27.1. The zero-order chi connectivity index (χ0) is 13.5. The van der Waals surface area contributed by atoms with Crippen molar-refractivity contribution in [1.29, 1.82) is 0 Å². The molecule has 0 spiro atoms. The highest BCUT2D eigenvalue weighted by molar-refractivity contribution is 7.89. The first-order valence-electron chi connectivity index (χ1n) is 5.55. The summed E-state index contributed by atoms with van der Waals surface area (Å²) in [5.74, 6) is -1.79. The van der Waals surface area contributed by atoms with Crippen molar-refractivity contribution in [2.24, 2.45) is 18.9 Å². The molecule has 0 aliphatic carbocycles. The van der Waals surface area contributed by atoms with Crippen LogP contribution < -0.4 is 0 Å². The van der Waals surface area contributed by atoms with Gasteiger partial charge in [0, 0.05) is 20.1 Å². The number of sulfonamides is 1. The van der Waals surface area contributed by atoms with E-state index >= 15 is 0 Å². The molecule has 0 radical (unpaired) electrons. The lowest BCUT2D eigenvalue weighted by Gasteiger charge is -2.15. The Labute approximate surface area is 105 Å². The van der Waals surface area contributed by atoms with Gasteiger partial charge in [0.05, 0.1) is 12.1 Å². The Morgan fingerprint density at radius 2 is 2.17 bits per heavy atom. The summed E-state index contributed by atoms with van der Waals surface area (Å²) in [7, 11) is -2.11. The van der Waals surface area contributed by atoms with Crippen LogP contribution >= 0.6 is 0 Å². The number of carboxylic acid groups (broad SMARTS) is 1. The van der Waals surface area contributed by atoms with Gasteiger partial charge in [0.1, 0.15) is 0 Å².